The van der Waals surface area contributed by atoms with Crippen LogP contribution < -0.4 is 0 Å². The highest BCUT2D eigenvalue weighted by atomic mass is 35.5. The van der Waals surface area contributed by atoms with E-state index in [9.17, 15) is 9.90 Å². The van der Waals surface area contributed by atoms with Gasteiger partial charge in [0, 0.05) is 36.6 Å². The zero-order valence-electron chi connectivity index (χ0n) is 15.1. The van der Waals surface area contributed by atoms with Crippen LogP contribution >= 0.6 is 11.6 Å². The van der Waals surface area contributed by atoms with Gasteiger partial charge in [-0.05, 0) is 45.7 Å². The first-order valence-electron chi connectivity index (χ1n) is 8.78. The van der Waals surface area contributed by atoms with Crippen molar-refractivity contribution in [3.8, 4) is 0 Å². The van der Waals surface area contributed by atoms with Crippen LogP contribution in [0.15, 0.2) is 24.3 Å². The molecule has 1 aromatic rings. The van der Waals surface area contributed by atoms with E-state index in [-0.39, 0.29) is 11.9 Å². The number of aliphatic hydroxyl groups excluding tert-OH is 1. The quantitative estimate of drug-likeness (QED) is 0.818. The average Bonchev–Trinajstić information content (AvgIpc) is 2.87. The zero-order chi connectivity index (χ0) is 17.9. The second-order valence-electron chi connectivity index (χ2n) is 7.17. The third kappa shape index (κ3) is 4.50. The number of hydrogen-bond donors (Lipinski definition) is 1. The molecule has 0 spiro atoms. The second kappa shape index (κ2) is 8.32. The van der Waals surface area contributed by atoms with Crippen molar-refractivity contribution in [2.45, 2.75) is 71.3 Å². The van der Waals surface area contributed by atoms with Gasteiger partial charge in [0.15, 0.2) is 0 Å². The Kier molecular flexibility index (Phi) is 6.67. The minimum absolute atomic E-state index is 0.0969. The van der Waals surface area contributed by atoms with Crippen LogP contribution in [0.1, 0.15) is 46.1 Å². The number of rotatable bonds is 7. The summed E-state index contributed by atoms with van der Waals surface area (Å²) in [6.07, 6.45) is 0.646. The molecule has 4 nitrogen and oxygen atoms in total. The summed E-state index contributed by atoms with van der Waals surface area (Å²) in [5, 5.41) is 11.4. The van der Waals surface area contributed by atoms with Gasteiger partial charge in [-0.25, -0.2) is 0 Å². The van der Waals surface area contributed by atoms with Gasteiger partial charge in [0.05, 0.1) is 12.1 Å². The molecule has 1 aliphatic rings. The van der Waals surface area contributed by atoms with Gasteiger partial charge in [0.1, 0.15) is 0 Å². The number of likely N-dealkylation sites (tertiary alicyclic amines) is 1. The van der Waals surface area contributed by atoms with Crippen molar-refractivity contribution in [2.24, 2.45) is 0 Å². The predicted octanol–water partition coefficient (Wildman–Crippen LogP) is 3.31. The molecule has 1 N–H and O–H groups in total. The first kappa shape index (κ1) is 19.2. The Morgan fingerprint density at radius 1 is 1.25 bits per heavy atom. The highest BCUT2D eigenvalue weighted by Gasteiger charge is 2.37. The van der Waals surface area contributed by atoms with Crippen LogP contribution in [-0.4, -0.2) is 51.6 Å². The lowest BCUT2D eigenvalue weighted by atomic mass is 10.1. The van der Waals surface area contributed by atoms with Gasteiger partial charge >= 0.3 is 0 Å². The van der Waals surface area contributed by atoms with Crippen LogP contribution in [0.25, 0.3) is 0 Å². The zero-order valence-corrected chi connectivity index (χ0v) is 15.8. The molecule has 134 valence electrons. The van der Waals surface area contributed by atoms with E-state index in [4.69, 9.17) is 11.6 Å². The summed E-state index contributed by atoms with van der Waals surface area (Å²) < 4.78 is 0. The van der Waals surface area contributed by atoms with E-state index in [0.29, 0.717) is 43.0 Å². The minimum atomic E-state index is -0.552. The molecule has 5 heteroatoms. The van der Waals surface area contributed by atoms with Crippen molar-refractivity contribution in [3.05, 3.63) is 34.9 Å². The molecule has 2 rings (SSSR count). The largest absolute Gasteiger partial charge is 0.390 e. The maximum absolute atomic E-state index is 12.3. The summed E-state index contributed by atoms with van der Waals surface area (Å²) in [5.41, 5.74) is 0.927. The second-order valence-corrected chi connectivity index (χ2v) is 7.58. The molecule has 0 unspecified atom stereocenters. The lowest BCUT2D eigenvalue weighted by molar-refractivity contribution is -0.131. The lowest BCUT2D eigenvalue weighted by Gasteiger charge is -2.36. The number of carbonyl (C=O) groups is 1. The molecule has 0 aromatic heterocycles. The molecule has 1 saturated heterocycles. The highest BCUT2D eigenvalue weighted by Crippen LogP contribution is 2.27. The fourth-order valence-electron chi connectivity index (χ4n) is 3.53. The van der Waals surface area contributed by atoms with Crippen molar-refractivity contribution in [1.82, 2.24) is 9.80 Å². The van der Waals surface area contributed by atoms with Gasteiger partial charge in [-0.2, -0.15) is 0 Å². The maximum Gasteiger partial charge on any atom is 0.223 e. The topological polar surface area (TPSA) is 43.8 Å². The van der Waals surface area contributed by atoms with Crippen LogP contribution in [0.2, 0.25) is 5.02 Å². The molecule has 1 amide bonds. The SMILES string of the molecule is CC(C)N(C[C@@H](O)[C@@H]1CCC(=O)N1Cc1ccccc1Cl)C(C)C. The normalized spacial score (nSPS) is 19.8. The number of carbonyl (C=O) groups excluding carboxylic acids is 1. The van der Waals surface area contributed by atoms with Crippen molar-refractivity contribution < 1.29 is 9.90 Å². The number of hydrogen-bond acceptors (Lipinski definition) is 3. The van der Waals surface area contributed by atoms with Crippen LogP contribution in [0.5, 0.6) is 0 Å². The van der Waals surface area contributed by atoms with Crippen molar-refractivity contribution in [2.75, 3.05) is 6.54 Å². The Balaban J connectivity index is 2.10. The van der Waals surface area contributed by atoms with Crippen LogP contribution in [0.3, 0.4) is 0 Å². The third-order valence-corrected chi connectivity index (χ3v) is 5.21. The van der Waals surface area contributed by atoms with Gasteiger partial charge in [0.2, 0.25) is 5.91 Å². The van der Waals surface area contributed by atoms with Crippen LogP contribution in [0.4, 0.5) is 0 Å². The molecule has 1 aromatic carbocycles. The van der Waals surface area contributed by atoms with E-state index >= 15 is 0 Å². The molecular formula is C19H29ClN2O2. The molecule has 0 saturated carbocycles. The number of halogens is 1. The molecule has 2 atom stereocenters. The fraction of sp³-hybridized carbons (Fsp3) is 0.632. The van der Waals surface area contributed by atoms with Crippen molar-refractivity contribution >= 4 is 17.5 Å². The van der Waals surface area contributed by atoms with E-state index in [2.05, 4.69) is 32.6 Å². The maximum atomic E-state index is 12.3. The minimum Gasteiger partial charge on any atom is -0.390 e. The van der Waals surface area contributed by atoms with E-state index in [1.807, 2.05) is 24.3 Å². The molecular weight excluding hydrogens is 324 g/mol. The third-order valence-electron chi connectivity index (χ3n) is 4.84. The Morgan fingerprint density at radius 3 is 2.46 bits per heavy atom. The summed E-state index contributed by atoms with van der Waals surface area (Å²) in [4.78, 5) is 16.4. The summed E-state index contributed by atoms with van der Waals surface area (Å²) in [6, 6.07) is 8.14. The lowest BCUT2D eigenvalue weighted by Crippen LogP contribution is -2.49. The highest BCUT2D eigenvalue weighted by molar-refractivity contribution is 6.31. The number of amides is 1. The Morgan fingerprint density at radius 2 is 1.88 bits per heavy atom. The summed E-state index contributed by atoms with van der Waals surface area (Å²) in [5.74, 6) is 0.0969. The molecule has 0 aliphatic carbocycles. The Hall–Kier alpha value is -1.10. The smallest absolute Gasteiger partial charge is 0.223 e. The summed E-state index contributed by atoms with van der Waals surface area (Å²) in [7, 11) is 0. The predicted molar refractivity (Wildman–Crippen MR) is 98.0 cm³/mol. The number of nitrogens with zero attached hydrogens (tertiary/aromatic N) is 2. The average molecular weight is 353 g/mol. The standard InChI is InChI=1S/C19H29ClN2O2/c1-13(2)21(14(3)4)12-18(23)17-9-10-19(24)22(17)11-15-7-5-6-8-16(15)20/h5-8,13-14,17-18,23H,9-12H2,1-4H3/t17-,18+/m0/s1. The number of benzene rings is 1. The fourth-order valence-corrected chi connectivity index (χ4v) is 3.72. The molecule has 1 heterocycles. The molecule has 24 heavy (non-hydrogen) atoms. The van der Waals surface area contributed by atoms with Crippen LogP contribution in [0, 0.1) is 0 Å². The number of aliphatic hydroxyl groups is 1. The molecule has 1 aliphatic heterocycles. The first-order chi connectivity index (χ1) is 11.3. The van der Waals surface area contributed by atoms with Gasteiger partial charge in [-0.15, -0.1) is 0 Å². The van der Waals surface area contributed by atoms with Crippen LogP contribution in [-0.2, 0) is 11.3 Å². The summed E-state index contributed by atoms with van der Waals surface area (Å²) in [6.45, 7) is 9.57. The van der Waals surface area contributed by atoms with Gasteiger partial charge in [-0.1, -0.05) is 29.8 Å². The van der Waals surface area contributed by atoms with Gasteiger partial charge < -0.3 is 10.0 Å². The van der Waals surface area contributed by atoms with Gasteiger partial charge in [0.25, 0.3) is 0 Å². The van der Waals surface area contributed by atoms with Gasteiger partial charge in [-0.3, -0.25) is 9.69 Å². The molecule has 0 radical (unpaired) electrons. The van der Waals surface area contributed by atoms with E-state index in [1.54, 1.807) is 4.90 Å². The van der Waals surface area contributed by atoms with Crippen molar-refractivity contribution in [3.63, 3.8) is 0 Å². The Labute approximate surface area is 150 Å². The van der Waals surface area contributed by atoms with Crippen molar-refractivity contribution in [1.29, 1.82) is 0 Å². The summed E-state index contributed by atoms with van der Waals surface area (Å²) >= 11 is 6.24. The van der Waals surface area contributed by atoms with E-state index in [1.165, 1.54) is 0 Å². The Bertz CT molecular complexity index is 554. The van der Waals surface area contributed by atoms with E-state index < -0.39 is 6.10 Å². The monoisotopic (exact) mass is 352 g/mol. The molecule has 0 bridgehead atoms. The molecule has 1 fully saturated rings. The first-order valence-corrected chi connectivity index (χ1v) is 9.15. The van der Waals surface area contributed by atoms with E-state index in [0.717, 1.165) is 5.56 Å².